The van der Waals surface area contributed by atoms with Crippen molar-refractivity contribution in [2.45, 2.75) is 25.3 Å². The zero-order valence-electron chi connectivity index (χ0n) is 16.5. The van der Waals surface area contributed by atoms with Gasteiger partial charge in [0, 0.05) is 32.6 Å². The first kappa shape index (κ1) is 19.0. The highest BCUT2D eigenvalue weighted by Crippen LogP contribution is 2.26. The minimum Gasteiger partial charge on any atom is -0.334 e. The summed E-state index contributed by atoms with van der Waals surface area (Å²) < 4.78 is 3.03. The van der Waals surface area contributed by atoms with E-state index < -0.39 is 0 Å². The molecule has 29 heavy (non-hydrogen) atoms. The number of hydrogen-bond acceptors (Lipinski definition) is 3. The van der Waals surface area contributed by atoms with Gasteiger partial charge in [-0.25, -0.2) is 18.8 Å². The van der Waals surface area contributed by atoms with Crippen LogP contribution in [0.4, 0.5) is 4.79 Å². The van der Waals surface area contributed by atoms with Crippen LogP contribution in [0.2, 0.25) is 0 Å². The molecule has 0 bridgehead atoms. The smallest absolute Gasteiger partial charge is 0.334 e. The van der Waals surface area contributed by atoms with E-state index in [-0.39, 0.29) is 17.6 Å². The molecule has 0 spiro atoms. The fraction of sp³-hybridized carbons (Fsp3) is 0.318. The molecule has 7 heteroatoms. The molecule has 1 fully saturated rings. The number of benzene rings is 2. The summed E-state index contributed by atoms with van der Waals surface area (Å²) >= 11 is 0. The highest BCUT2D eigenvalue weighted by Gasteiger charge is 2.29. The summed E-state index contributed by atoms with van der Waals surface area (Å²) in [5.41, 5.74) is 1.69. The van der Waals surface area contributed by atoms with Crippen LogP contribution < -0.4 is 11.0 Å². The summed E-state index contributed by atoms with van der Waals surface area (Å²) in [6, 6.07) is 19.3. The Kier molecular flexibility index (Phi) is 5.46. The Bertz CT molecular complexity index is 1030. The number of aryl methyl sites for hydroxylation is 1. The Labute approximate surface area is 169 Å². The average molecular weight is 391 g/mol. The molecule has 2 aromatic carbocycles. The van der Waals surface area contributed by atoms with Gasteiger partial charge in [0.15, 0.2) is 0 Å². The lowest BCUT2D eigenvalue weighted by Crippen LogP contribution is -2.45. The number of carbonyl (C=O) groups is 1. The van der Waals surface area contributed by atoms with Crippen molar-refractivity contribution < 1.29 is 4.79 Å². The molecule has 3 aromatic rings. The van der Waals surface area contributed by atoms with Crippen LogP contribution in [0.25, 0.3) is 5.69 Å². The van der Waals surface area contributed by atoms with Crippen LogP contribution in [-0.2, 0) is 13.6 Å². The Balaban J connectivity index is 1.51. The van der Waals surface area contributed by atoms with Crippen molar-refractivity contribution in [3.05, 3.63) is 82.5 Å². The molecule has 1 aliphatic heterocycles. The first-order valence-corrected chi connectivity index (χ1v) is 9.91. The Morgan fingerprint density at radius 1 is 1.10 bits per heavy atom. The maximum absolute atomic E-state index is 12.7. The summed E-state index contributed by atoms with van der Waals surface area (Å²) in [6.07, 6.45) is 1.77. The first-order valence-electron chi connectivity index (χ1n) is 9.91. The maximum Gasteiger partial charge on any atom is 0.350 e. The van der Waals surface area contributed by atoms with Crippen molar-refractivity contribution in [3.8, 4) is 5.69 Å². The number of aromatic nitrogens is 3. The van der Waals surface area contributed by atoms with Gasteiger partial charge in [0.1, 0.15) is 5.82 Å². The standard InChI is InChI=1S/C22H25N5O2/c1-25-22(29)27(19-12-6-3-7-13-19)20(24-25)18-11-8-14-26(16-18)21(28)23-15-17-9-4-2-5-10-17/h2-7,9-10,12-13,18H,8,11,14-16H2,1H3,(H,23,28). The van der Waals surface area contributed by atoms with Crippen LogP contribution >= 0.6 is 0 Å². The van der Waals surface area contributed by atoms with Crippen molar-refractivity contribution >= 4 is 6.03 Å². The first-order chi connectivity index (χ1) is 14.1. The number of hydrogen-bond donors (Lipinski definition) is 1. The van der Waals surface area contributed by atoms with Gasteiger partial charge in [-0.1, -0.05) is 48.5 Å². The van der Waals surface area contributed by atoms with Gasteiger partial charge in [-0.15, -0.1) is 0 Å². The highest BCUT2D eigenvalue weighted by molar-refractivity contribution is 5.74. The highest BCUT2D eigenvalue weighted by atomic mass is 16.2. The molecule has 1 saturated heterocycles. The topological polar surface area (TPSA) is 72.2 Å². The molecule has 0 aliphatic carbocycles. The van der Waals surface area contributed by atoms with Crippen molar-refractivity contribution in [1.29, 1.82) is 0 Å². The fourth-order valence-corrected chi connectivity index (χ4v) is 3.83. The van der Waals surface area contributed by atoms with Gasteiger partial charge in [-0.3, -0.25) is 0 Å². The van der Waals surface area contributed by atoms with E-state index in [1.54, 1.807) is 11.6 Å². The number of nitrogens with one attached hydrogen (secondary N) is 1. The van der Waals surface area contributed by atoms with Gasteiger partial charge < -0.3 is 10.2 Å². The number of carbonyl (C=O) groups excluding carboxylic acids is 1. The predicted octanol–water partition coefficient (Wildman–Crippen LogP) is 2.66. The molecule has 1 N–H and O–H groups in total. The second kappa shape index (κ2) is 8.34. The van der Waals surface area contributed by atoms with Gasteiger partial charge in [0.05, 0.1) is 5.69 Å². The molecule has 2 heterocycles. The Morgan fingerprint density at radius 2 is 1.79 bits per heavy atom. The predicted molar refractivity (Wildman–Crippen MR) is 111 cm³/mol. The minimum absolute atomic E-state index is 0.0142. The summed E-state index contributed by atoms with van der Waals surface area (Å²) in [4.78, 5) is 27.2. The molecule has 0 saturated carbocycles. The number of piperidine rings is 1. The molecule has 1 aromatic heterocycles. The van der Waals surface area contributed by atoms with E-state index in [0.717, 1.165) is 24.1 Å². The van der Waals surface area contributed by atoms with Gasteiger partial charge in [0.2, 0.25) is 0 Å². The van der Waals surface area contributed by atoms with E-state index in [4.69, 9.17) is 0 Å². The van der Waals surface area contributed by atoms with Crippen molar-refractivity contribution in [2.24, 2.45) is 7.05 Å². The molecule has 150 valence electrons. The van der Waals surface area contributed by atoms with Gasteiger partial charge in [0.25, 0.3) is 0 Å². The zero-order chi connectivity index (χ0) is 20.2. The van der Waals surface area contributed by atoms with E-state index in [9.17, 15) is 9.59 Å². The Morgan fingerprint density at radius 3 is 2.52 bits per heavy atom. The fourth-order valence-electron chi connectivity index (χ4n) is 3.83. The van der Waals surface area contributed by atoms with Gasteiger partial charge >= 0.3 is 11.7 Å². The second-order valence-electron chi connectivity index (χ2n) is 7.36. The van der Waals surface area contributed by atoms with Crippen LogP contribution in [0.1, 0.15) is 30.1 Å². The summed E-state index contributed by atoms with van der Waals surface area (Å²) in [5.74, 6) is 0.726. The molecule has 4 rings (SSSR count). The molecule has 1 aliphatic rings. The molecule has 7 nitrogen and oxygen atoms in total. The number of likely N-dealkylation sites (tertiary alicyclic amines) is 1. The molecule has 0 radical (unpaired) electrons. The number of rotatable bonds is 4. The number of urea groups is 1. The molecule has 1 unspecified atom stereocenters. The van der Waals surface area contributed by atoms with Gasteiger partial charge in [-0.05, 0) is 30.5 Å². The van der Waals surface area contributed by atoms with E-state index in [2.05, 4.69) is 10.4 Å². The lowest BCUT2D eigenvalue weighted by atomic mass is 9.97. The monoisotopic (exact) mass is 391 g/mol. The van der Waals surface area contributed by atoms with Crippen molar-refractivity contribution in [1.82, 2.24) is 24.6 Å². The maximum atomic E-state index is 12.7. The molecular formula is C22H25N5O2. The van der Waals surface area contributed by atoms with E-state index in [0.29, 0.717) is 25.5 Å². The van der Waals surface area contributed by atoms with E-state index in [1.807, 2.05) is 65.6 Å². The quantitative estimate of drug-likeness (QED) is 0.743. The second-order valence-corrected chi connectivity index (χ2v) is 7.36. The van der Waals surface area contributed by atoms with Crippen LogP contribution in [0.3, 0.4) is 0 Å². The van der Waals surface area contributed by atoms with E-state index in [1.165, 1.54) is 4.68 Å². The molecule has 2 amide bonds. The largest absolute Gasteiger partial charge is 0.350 e. The van der Waals surface area contributed by atoms with Crippen molar-refractivity contribution in [2.75, 3.05) is 13.1 Å². The molecule has 1 atom stereocenters. The number of nitrogens with zero attached hydrogens (tertiary/aromatic N) is 4. The summed E-state index contributed by atoms with van der Waals surface area (Å²) in [6.45, 7) is 1.75. The third-order valence-corrected chi connectivity index (χ3v) is 5.32. The minimum atomic E-state index is -0.170. The number of para-hydroxylation sites is 1. The van der Waals surface area contributed by atoms with Crippen LogP contribution in [0.15, 0.2) is 65.5 Å². The summed E-state index contributed by atoms with van der Waals surface area (Å²) in [5, 5.41) is 7.50. The van der Waals surface area contributed by atoms with E-state index >= 15 is 0 Å². The Hall–Kier alpha value is -3.35. The van der Waals surface area contributed by atoms with Crippen LogP contribution in [0, 0.1) is 0 Å². The lowest BCUT2D eigenvalue weighted by Gasteiger charge is -2.32. The average Bonchev–Trinajstić information content (AvgIpc) is 3.08. The van der Waals surface area contributed by atoms with Gasteiger partial charge in [-0.2, -0.15) is 5.10 Å². The zero-order valence-corrected chi connectivity index (χ0v) is 16.5. The lowest BCUT2D eigenvalue weighted by molar-refractivity contribution is 0.177. The third-order valence-electron chi connectivity index (χ3n) is 5.32. The summed E-state index contributed by atoms with van der Waals surface area (Å²) in [7, 11) is 1.67. The SMILES string of the molecule is Cn1nc(C2CCCN(C(=O)NCc3ccccc3)C2)n(-c2ccccc2)c1=O. The number of amides is 2. The van der Waals surface area contributed by atoms with Crippen LogP contribution in [0.5, 0.6) is 0 Å². The van der Waals surface area contributed by atoms with Crippen LogP contribution in [-0.4, -0.2) is 38.4 Å². The normalized spacial score (nSPS) is 16.6. The third kappa shape index (κ3) is 4.08. The molecular weight excluding hydrogens is 366 g/mol. The van der Waals surface area contributed by atoms with Crippen molar-refractivity contribution in [3.63, 3.8) is 0 Å².